The van der Waals surface area contributed by atoms with Crippen LogP contribution in [0.15, 0.2) is 59.7 Å². The minimum absolute atomic E-state index is 0.0288. The van der Waals surface area contributed by atoms with Crippen LogP contribution in [0.2, 0.25) is 0 Å². The number of aliphatic hydroxyl groups is 1. The van der Waals surface area contributed by atoms with Crippen LogP contribution in [0.25, 0.3) is 0 Å². The Morgan fingerprint density at radius 2 is 1.81 bits per heavy atom. The molecule has 0 bridgehead atoms. The zero-order valence-corrected chi connectivity index (χ0v) is 14.4. The van der Waals surface area contributed by atoms with Gasteiger partial charge >= 0.3 is 6.18 Å². The number of hydrazone groups is 1. The monoisotopic (exact) mass is 378 g/mol. The molecule has 0 saturated heterocycles. The van der Waals surface area contributed by atoms with E-state index in [1.807, 2.05) is 0 Å². The number of ether oxygens (including phenoxy) is 1. The van der Waals surface area contributed by atoms with Gasteiger partial charge in [-0.3, -0.25) is 4.79 Å². The van der Waals surface area contributed by atoms with E-state index >= 15 is 0 Å². The molecular formula is C19H17F3N2O3. The Balaban J connectivity index is 1.93. The number of methoxy groups -OCH3 is 1. The van der Waals surface area contributed by atoms with Crippen molar-refractivity contribution < 1.29 is 27.8 Å². The number of nitrogens with zero attached hydrogens (tertiary/aromatic N) is 2. The van der Waals surface area contributed by atoms with E-state index in [-0.39, 0.29) is 17.1 Å². The quantitative estimate of drug-likeness (QED) is 0.889. The van der Waals surface area contributed by atoms with Gasteiger partial charge in [0, 0.05) is 0 Å². The van der Waals surface area contributed by atoms with Gasteiger partial charge in [-0.15, -0.1) is 0 Å². The summed E-state index contributed by atoms with van der Waals surface area (Å²) >= 11 is 0. The maximum atomic E-state index is 13.6. The fraction of sp³-hybridized carbons (Fsp3) is 0.263. The van der Waals surface area contributed by atoms with E-state index in [0.29, 0.717) is 16.9 Å². The fourth-order valence-electron chi connectivity index (χ4n) is 2.82. The number of alkyl halides is 3. The molecule has 1 heterocycles. The predicted molar refractivity (Wildman–Crippen MR) is 92.1 cm³/mol. The highest BCUT2D eigenvalue weighted by Gasteiger charge is 2.63. The van der Waals surface area contributed by atoms with Crippen molar-refractivity contribution in [3.05, 3.63) is 65.7 Å². The molecule has 0 unspecified atom stereocenters. The number of rotatable bonds is 4. The summed E-state index contributed by atoms with van der Waals surface area (Å²) in [5, 5.41) is 14.3. The molecule has 5 nitrogen and oxygen atoms in total. The van der Waals surface area contributed by atoms with Crippen LogP contribution >= 0.6 is 0 Å². The summed E-state index contributed by atoms with van der Waals surface area (Å²) in [4.78, 5) is 12.5. The van der Waals surface area contributed by atoms with Crippen LogP contribution < -0.4 is 4.74 Å². The Hall–Kier alpha value is -2.87. The number of halogens is 3. The van der Waals surface area contributed by atoms with Crippen LogP contribution in [0, 0.1) is 0 Å². The summed E-state index contributed by atoms with van der Waals surface area (Å²) in [5.41, 5.74) is -2.51. The van der Waals surface area contributed by atoms with Crippen molar-refractivity contribution >= 4 is 11.6 Å². The van der Waals surface area contributed by atoms with Gasteiger partial charge in [0.25, 0.3) is 5.72 Å². The minimum atomic E-state index is -5.06. The van der Waals surface area contributed by atoms with Crippen LogP contribution in [0.1, 0.15) is 17.5 Å². The lowest BCUT2D eigenvalue weighted by molar-refractivity contribution is -0.302. The van der Waals surface area contributed by atoms with Gasteiger partial charge in [-0.25, -0.2) is 0 Å². The molecule has 3 rings (SSSR count). The van der Waals surface area contributed by atoms with Gasteiger partial charge in [-0.05, 0) is 35.4 Å². The van der Waals surface area contributed by atoms with E-state index < -0.39 is 24.2 Å². The van der Waals surface area contributed by atoms with Crippen molar-refractivity contribution in [1.82, 2.24) is 5.01 Å². The number of amides is 1. The van der Waals surface area contributed by atoms with Crippen molar-refractivity contribution in [3.8, 4) is 5.75 Å². The topological polar surface area (TPSA) is 62.1 Å². The van der Waals surface area contributed by atoms with E-state index in [1.165, 1.54) is 19.2 Å². The zero-order valence-electron chi connectivity index (χ0n) is 14.4. The second-order valence-electron chi connectivity index (χ2n) is 6.13. The standard InChI is InChI=1S/C19H17F3N2O3/c1-27-15-9-7-14(8-10-15)16-12-18(26,19(20,21)22)24(23-16)17(25)11-13-5-3-2-4-6-13/h2-10,26H,11-12H2,1H3/t18-/m0/s1. The largest absolute Gasteiger partial charge is 0.497 e. The molecule has 0 fully saturated rings. The average Bonchev–Trinajstić information content (AvgIpc) is 3.02. The van der Waals surface area contributed by atoms with Gasteiger partial charge in [-0.1, -0.05) is 30.3 Å². The van der Waals surface area contributed by atoms with Gasteiger partial charge in [-0.2, -0.15) is 23.3 Å². The lowest BCUT2D eigenvalue weighted by Gasteiger charge is -2.32. The van der Waals surface area contributed by atoms with Gasteiger partial charge in [0.1, 0.15) is 5.75 Å². The summed E-state index contributed by atoms with van der Waals surface area (Å²) in [7, 11) is 1.47. The molecular weight excluding hydrogens is 361 g/mol. The molecule has 0 saturated carbocycles. The van der Waals surface area contributed by atoms with E-state index in [0.717, 1.165) is 0 Å². The SMILES string of the molecule is COc1ccc(C2=NN(C(=O)Cc3ccccc3)[C@@](O)(C(F)(F)F)C2)cc1. The van der Waals surface area contributed by atoms with Crippen molar-refractivity contribution in [2.24, 2.45) is 5.10 Å². The molecule has 8 heteroatoms. The Bertz CT molecular complexity index is 851. The Morgan fingerprint density at radius 1 is 1.19 bits per heavy atom. The van der Waals surface area contributed by atoms with E-state index in [4.69, 9.17) is 4.74 Å². The average molecular weight is 378 g/mol. The number of carbonyl (C=O) groups excluding carboxylic acids is 1. The van der Waals surface area contributed by atoms with E-state index in [9.17, 15) is 23.1 Å². The highest BCUT2D eigenvalue weighted by atomic mass is 19.4. The summed E-state index contributed by atoms with van der Waals surface area (Å²) in [6.07, 6.45) is -6.21. The molecule has 1 amide bonds. The maximum Gasteiger partial charge on any atom is 0.438 e. The molecule has 1 aliphatic rings. The van der Waals surface area contributed by atoms with Crippen LogP contribution in [0.4, 0.5) is 13.2 Å². The van der Waals surface area contributed by atoms with Crippen molar-refractivity contribution in [3.63, 3.8) is 0 Å². The first-order valence-corrected chi connectivity index (χ1v) is 8.12. The van der Waals surface area contributed by atoms with Crippen LogP contribution in [-0.2, 0) is 11.2 Å². The molecule has 1 N–H and O–H groups in total. The van der Waals surface area contributed by atoms with Gasteiger partial charge in [0.15, 0.2) is 0 Å². The van der Waals surface area contributed by atoms with Crippen molar-refractivity contribution in [2.45, 2.75) is 24.7 Å². The van der Waals surface area contributed by atoms with E-state index in [1.54, 1.807) is 42.5 Å². The van der Waals surface area contributed by atoms with Crippen LogP contribution in [0.5, 0.6) is 5.75 Å². The smallest absolute Gasteiger partial charge is 0.438 e. The molecule has 0 spiro atoms. The molecule has 1 atom stereocenters. The molecule has 0 aromatic heterocycles. The Morgan fingerprint density at radius 3 is 2.37 bits per heavy atom. The molecule has 0 aliphatic carbocycles. The summed E-state index contributed by atoms with van der Waals surface area (Å²) < 4.78 is 45.7. The zero-order chi connectivity index (χ0) is 19.7. The first-order chi connectivity index (χ1) is 12.7. The molecule has 0 radical (unpaired) electrons. The molecule has 2 aromatic carbocycles. The molecule has 27 heavy (non-hydrogen) atoms. The summed E-state index contributed by atoms with van der Waals surface area (Å²) in [5.74, 6) is -0.412. The maximum absolute atomic E-state index is 13.6. The first-order valence-electron chi connectivity index (χ1n) is 8.12. The fourth-order valence-corrected chi connectivity index (χ4v) is 2.82. The van der Waals surface area contributed by atoms with Gasteiger partial charge in [0.2, 0.25) is 5.91 Å². The number of hydrogen-bond acceptors (Lipinski definition) is 4. The number of benzene rings is 2. The normalized spacial score (nSPS) is 19.7. The van der Waals surface area contributed by atoms with Crippen molar-refractivity contribution in [2.75, 3.05) is 7.11 Å². The molecule has 1 aliphatic heterocycles. The Kier molecular flexibility index (Phi) is 4.93. The second-order valence-corrected chi connectivity index (χ2v) is 6.13. The molecule has 2 aromatic rings. The Labute approximate surface area is 153 Å². The summed E-state index contributed by atoms with van der Waals surface area (Å²) in [6.45, 7) is 0. The summed E-state index contributed by atoms with van der Waals surface area (Å²) in [6, 6.07) is 14.5. The van der Waals surface area contributed by atoms with Gasteiger partial charge < -0.3 is 9.84 Å². The molecule has 142 valence electrons. The first kappa shape index (κ1) is 18.9. The number of hydrogen-bond donors (Lipinski definition) is 1. The van der Waals surface area contributed by atoms with Crippen LogP contribution in [0.3, 0.4) is 0 Å². The second kappa shape index (κ2) is 7.03. The third-order valence-electron chi connectivity index (χ3n) is 4.30. The van der Waals surface area contributed by atoms with Crippen molar-refractivity contribution in [1.29, 1.82) is 0 Å². The highest BCUT2D eigenvalue weighted by molar-refractivity contribution is 6.03. The van der Waals surface area contributed by atoms with E-state index in [2.05, 4.69) is 5.10 Å². The predicted octanol–water partition coefficient (Wildman–Crippen LogP) is 3.13. The lowest BCUT2D eigenvalue weighted by Crippen LogP contribution is -2.57. The van der Waals surface area contributed by atoms with Gasteiger partial charge in [0.05, 0.1) is 25.7 Å². The number of carbonyl (C=O) groups is 1. The van der Waals surface area contributed by atoms with Crippen LogP contribution in [-0.4, -0.2) is 40.7 Å². The highest BCUT2D eigenvalue weighted by Crippen LogP contribution is 2.41. The third kappa shape index (κ3) is 3.66. The minimum Gasteiger partial charge on any atom is -0.497 e. The lowest BCUT2D eigenvalue weighted by atomic mass is 10.0. The third-order valence-corrected chi connectivity index (χ3v) is 4.30.